The van der Waals surface area contributed by atoms with Crippen molar-refractivity contribution in [2.24, 2.45) is 0 Å². The molecule has 0 aliphatic carbocycles. The molecule has 1 atom stereocenters. The molecular weight excluding hydrogens is 260 g/mol. The van der Waals surface area contributed by atoms with E-state index in [1.807, 2.05) is 19.1 Å². The largest absolute Gasteiger partial charge is 0.497 e. The monoisotopic (exact) mass is 284 g/mol. The second-order valence-corrected chi connectivity index (χ2v) is 5.53. The first-order chi connectivity index (χ1) is 10.0. The first kappa shape index (κ1) is 15.5. The summed E-state index contributed by atoms with van der Waals surface area (Å²) in [6.45, 7) is 9.27. The van der Waals surface area contributed by atoms with Crippen molar-refractivity contribution >= 4 is 0 Å². The van der Waals surface area contributed by atoms with Crippen LogP contribution in [0, 0.1) is 20.8 Å². The van der Waals surface area contributed by atoms with Crippen LogP contribution in [0.5, 0.6) is 5.75 Å². The van der Waals surface area contributed by atoms with Gasteiger partial charge in [-0.3, -0.25) is 4.98 Å². The highest BCUT2D eigenvalue weighted by molar-refractivity contribution is 5.34. The van der Waals surface area contributed by atoms with Gasteiger partial charge in [0.15, 0.2) is 0 Å². The topological polar surface area (TPSA) is 34.1 Å². The van der Waals surface area contributed by atoms with Crippen LogP contribution in [0.15, 0.2) is 30.3 Å². The van der Waals surface area contributed by atoms with Crippen molar-refractivity contribution in [2.45, 2.75) is 40.3 Å². The van der Waals surface area contributed by atoms with Gasteiger partial charge in [0.25, 0.3) is 0 Å². The fraction of sp³-hybridized carbons (Fsp3) is 0.389. The minimum absolute atomic E-state index is 0.268. The van der Waals surface area contributed by atoms with Crippen LogP contribution in [-0.2, 0) is 6.54 Å². The zero-order valence-corrected chi connectivity index (χ0v) is 13.5. The Morgan fingerprint density at radius 1 is 1.19 bits per heavy atom. The number of hydrogen-bond donors (Lipinski definition) is 1. The Labute approximate surface area is 127 Å². The molecule has 1 aromatic carbocycles. The first-order valence-corrected chi connectivity index (χ1v) is 7.32. The average Bonchev–Trinajstić information content (AvgIpc) is 2.44. The highest BCUT2D eigenvalue weighted by Crippen LogP contribution is 2.22. The highest BCUT2D eigenvalue weighted by atomic mass is 16.5. The van der Waals surface area contributed by atoms with Gasteiger partial charge in [0, 0.05) is 24.0 Å². The molecule has 0 aliphatic rings. The number of hydrogen-bond acceptors (Lipinski definition) is 3. The molecule has 3 heteroatoms. The number of ether oxygens (including phenoxy) is 1. The van der Waals surface area contributed by atoms with E-state index in [4.69, 9.17) is 4.74 Å². The van der Waals surface area contributed by atoms with Crippen molar-refractivity contribution in [3.05, 3.63) is 58.4 Å². The number of nitrogens with zero attached hydrogens (tertiary/aromatic N) is 1. The fourth-order valence-electron chi connectivity index (χ4n) is 2.84. The molecule has 0 radical (unpaired) electrons. The maximum Gasteiger partial charge on any atom is 0.119 e. The number of benzene rings is 1. The van der Waals surface area contributed by atoms with E-state index in [9.17, 15) is 0 Å². The molecule has 1 heterocycles. The molecule has 1 N–H and O–H groups in total. The standard InChI is InChI=1S/C18H24N2O/c1-12-9-13(2)20-15(4)18(12)14(3)19-11-16-7-6-8-17(10-16)21-5/h6-10,14,19H,11H2,1-5H3. The Balaban J connectivity index is 2.10. The van der Waals surface area contributed by atoms with Gasteiger partial charge in [-0.1, -0.05) is 12.1 Å². The molecule has 3 nitrogen and oxygen atoms in total. The molecule has 112 valence electrons. The highest BCUT2D eigenvalue weighted by Gasteiger charge is 2.12. The summed E-state index contributed by atoms with van der Waals surface area (Å²) in [6.07, 6.45) is 0. The average molecular weight is 284 g/mol. The van der Waals surface area contributed by atoms with E-state index < -0.39 is 0 Å². The van der Waals surface area contributed by atoms with E-state index in [-0.39, 0.29) is 6.04 Å². The number of rotatable bonds is 5. The van der Waals surface area contributed by atoms with Gasteiger partial charge in [0.1, 0.15) is 5.75 Å². The Hall–Kier alpha value is -1.87. The van der Waals surface area contributed by atoms with Gasteiger partial charge in [-0.2, -0.15) is 0 Å². The number of methoxy groups -OCH3 is 1. The van der Waals surface area contributed by atoms with E-state index in [0.717, 1.165) is 23.7 Å². The van der Waals surface area contributed by atoms with Crippen LogP contribution in [0.25, 0.3) is 0 Å². The smallest absolute Gasteiger partial charge is 0.119 e. The summed E-state index contributed by atoms with van der Waals surface area (Å²) < 4.78 is 5.26. The second-order valence-electron chi connectivity index (χ2n) is 5.53. The number of aryl methyl sites for hydroxylation is 3. The van der Waals surface area contributed by atoms with E-state index >= 15 is 0 Å². The summed E-state index contributed by atoms with van der Waals surface area (Å²) in [7, 11) is 1.69. The molecule has 2 aromatic rings. The summed E-state index contributed by atoms with van der Waals surface area (Å²) in [5, 5.41) is 3.57. The molecule has 0 saturated carbocycles. The van der Waals surface area contributed by atoms with E-state index in [2.05, 4.69) is 49.3 Å². The first-order valence-electron chi connectivity index (χ1n) is 7.32. The predicted octanol–water partition coefficient (Wildman–Crippen LogP) is 3.87. The molecule has 0 saturated heterocycles. The lowest BCUT2D eigenvalue weighted by Crippen LogP contribution is -2.20. The quantitative estimate of drug-likeness (QED) is 0.905. The molecule has 1 aromatic heterocycles. The minimum Gasteiger partial charge on any atom is -0.497 e. The zero-order chi connectivity index (χ0) is 15.4. The van der Waals surface area contributed by atoms with Crippen LogP contribution in [0.1, 0.15) is 41.0 Å². The van der Waals surface area contributed by atoms with Crippen LogP contribution in [0.4, 0.5) is 0 Å². The molecule has 0 fully saturated rings. The Bertz CT molecular complexity index is 599. The van der Waals surface area contributed by atoms with Gasteiger partial charge in [-0.05, 0) is 62.6 Å². The van der Waals surface area contributed by atoms with Gasteiger partial charge >= 0.3 is 0 Å². The van der Waals surface area contributed by atoms with Crippen LogP contribution in [-0.4, -0.2) is 12.1 Å². The summed E-state index contributed by atoms with van der Waals surface area (Å²) in [6, 6.07) is 10.6. The third-order valence-electron chi connectivity index (χ3n) is 3.76. The van der Waals surface area contributed by atoms with Crippen molar-refractivity contribution in [1.29, 1.82) is 0 Å². The molecule has 0 spiro atoms. The summed E-state index contributed by atoms with van der Waals surface area (Å²) in [5.41, 5.74) is 6.00. The maximum atomic E-state index is 5.26. The third kappa shape index (κ3) is 3.82. The molecule has 2 rings (SSSR count). The van der Waals surface area contributed by atoms with Crippen LogP contribution in [0.3, 0.4) is 0 Å². The second kappa shape index (κ2) is 6.72. The van der Waals surface area contributed by atoms with E-state index in [0.29, 0.717) is 0 Å². The Morgan fingerprint density at radius 2 is 1.95 bits per heavy atom. The lowest BCUT2D eigenvalue weighted by molar-refractivity contribution is 0.414. The minimum atomic E-state index is 0.268. The Kier molecular flexibility index (Phi) is 4.97. The van der Waals surface area contributed by atoms with Crippen LogP contribution >= 0.6 is 0 Å². The van der Waals surface area contributed by atoms with Gasteiger partial charge in [0.2, 0.25) is 0 Å². The summed E-state index contributed by atoms with van der Waals surface area (Å²) in [4.78, 5) is 4.58. The van der Waals surface area contributed by atoms with Crippen LogP contribution < -0.4 is 10.1 Å². The third-order valence-corrected chi connectivity index (χ3v) is 3.76. The number of nitrogens with one attached hydrogen (secondary N) is 1. The lowest BCUT2D eigenvalue weighted by Gasteiger charge is -2.19. The Morgan fingerprint density at radius 3 is 2.62 bits per heavy atom. The van der Waals surface area contributed by atoms with Gasteiger partial charge < -0.3 is 10.1 Å². The van der Waals surface area contributed by atoms with Gasteiger partial charge in [-0.25, -0.2) is 0 Å². The SMILES string of the molecule is COc1cccc(CNC(C)c2c(C)cc(C)nc2C)c1. The van der Waals surface area contributed by atoms with E-state index in [1.165, 1.54) is 16.7 Å². The molecule has 1 unspecified atom stereocenters. The van der Waals surface area contributed by atoms with Crippen LogP contribution in [0.2, 0.25) is 0 Å². The maximum absolute atomic E-state index is 5.26. The van der Waals surface area contributed by atoms with Crippen molar-refractivity contribution in [3.8, 4) is 5.75 Å². The molecule has 0 bridgehead atoms. The zero-order valence-electron chi connectivity index (χ0n) is 13.5. The summed E-state index contributed by atoms with van der Waals surface area (Å²) >= 11 is 0. The van der Waals surface area contributed by atoms with Crippen molar-refractivity contribution in [2.75, 3.05) is 7.11 Å². The fourth-order valence-corrected chi connectivity index (χ4v) is 2.84. The lowest BCUT2D eigenvalue weighted by atomic mass is 10.00. The van der Waals surface area contributed by atoms with E-state index in [1.54, 1.807) is 7.11 Å². The molecular formula is C18H24N2O. The van der Waals surface area contributed by atoms with Gasteiger partial charge in [-0.15, -0.1) is 0 Å². The van der Waals surface area contributed by atoms with Crippen molar-refractivity contribution in [3.63, 3.8) is 0 Å². The predicted molar refractivity (Wildman–Crippen MR) is 86.7 cm³/mol. The van der Waals surface area contributed by atoms with Crippen molar-refractivity contribution in [1.82, 2.24) is 10.3 Å². The molecule has 21 heavy (non-hydrogen) atoms. The normalized spacial score (nSPS) is 12.2. The summed E-state index contributed by atoms with van der Waals surface area (Å²) in [5.74, 6) is 0.895. The van der Waals surface area contributed by atoms with Gasteiger partial charge in [0.05, 0.1) is 7.11 Å². The molecule has 0 amide bonds. The van der Waals surface area contributed by atoms with Crippen molar-refractivity contribution < 1.29 is 4.74 Å². The number of aromatic nitrogens is 1. The number of pyridine rings is 1. The molecule has 0 aliphatic heterocycles.